The summed E-state index contributed by atoms with van der Waals surface area (Å²) in [4.78, 5) is 0. The van der Waals surface area contributed by atoms with E-state index in [1.165, 1.54) is 0 Å². The molecule has 0 aliphatic rings. The summed E-state index contributed by atoms with van der Waals surface area (Å²) in [6, 6.07) is 7.61. The molecule has 0 fully saturated rings. The number of ether oxygens (including phenoxy) is 1. The molecule has 0 heterocycles. The largest absolute Gasteiger partial charge is 0.496 e. The van der Waals surface area contributed by atoms with Crippen molar-refractivity contribution in [3.63, 3.8) is 0 Å². The van der Waals surface area contributed by atoms with Crippen LogP contribution in [0, 0.1) is 6.92 Å². The minimum absolute atomic E-state index is 0.532. The van der Waals surface area contributed by atoms with Gasteiger partial charge in [-0.2, -0.15) is 0 Å². The van der Waals surface area contributed by atoms with E-state index >= 15 is 0 Å². The maximum atomic E-state index is 9.06. The molecule has 12 heavy (non-hydrogen) atoms. The number of aliphatic hydroxyl groups excluding tert-OH is 1. The summed E-state index contributed by atoms with van der Waals surface area (Å²) >= 11 is 0. The van der Waals surface area contributed by atoms with Crippen molar-refractivity contribution in [3.8, 4) is 5.75 Å². The molecule has 1 rings (SSSR count). The smallest absolute Gasteiger partial charge is 0.122 e. The molecule has 1 radical (unpaired) electrons. The first-order valence-corrected chi connectivity index (χ1v) is 3.87. The Labute approximate surface area is 72.8 Å². The Morgan fingerprint density at radius 2 is 2.17 bits per heavy atom. The van der Waals surface area contributed by atoms with E-state index < -0.39 is 6.10 Å². The third-order valence-corrected chi connectivity index (χ3v) is 1.65. The average molecular weight is 165 g/mol. The first-order valence-electron chi connectivity index (χ1n) is 3.87. The maximum Gasteiger partial charge on any atom is 0.122 e. The molecule has 0 aromatic heterocycles. The number of para-hydroxylation sites is 1. The van der Waals surface area contributed by atoms with Crippen LogP contribution in [0.1, 0.15) is 5.56 Å². The van der Waals surface area contributed by atoms with Crippen molar-refractivity contribution in [3.05, 3.63) is 36.8 Å². The van der Waals surface area contributed by atoms with E-state index in [1.807, 2.05) is 24.3 Å². The standard InChI is InChI=1S/C10H13O2/c1-8(11)7-9-5-3-4-6-10(9)12-2/h3-6,8,11H,1,7H2,2H3. The minimum Gasteiger partial charge on any atom is -0.496 e. The van der Waals surface area contributed by atoms with Crippen molar-refractivity contribution in [1.29, 1.82) is 0 Å². The predicted molar refractivity (Wildman–Crippen MR) is 48.1 cm³/mol. The first-order chi connectivity index (χ1) is 5.74. The van der Waals surface area contributed by atoms with Crippen molar-refractivity contribution < 1.29 is 9.84 Å². The van der Waals surface area contributed by atoms with Crippen LogP contribution >= 0.6 is 0 Å². The molecule has 2 nitrogen and oxygen atoms in total. The van der Waals surface area contributed by atoms with Crippen molar-refractivity contribution in [2.24, 2.45) is 0 Å². The van der Waals surface area contributed by atoms with Gasteiger partial charge in [-0.1, -0.05) is 18.2 Å². The maximum absolute atomic E-state index is 9.06. The molecule has 1 atom stereocenters. The molecule has 1 N–H and O–H groups in total. The molecule has 0 spiro atoms. The lowest BCUT2D eigenvalue weighted by Crippen LogP contribution is -2.05. The molecule has 0 bridgehead atoms. The van der Waals surface area contributed by atoms with Gasteiger partial charge in [0.25, 0.3) is 0 Å². The number of methoxy groups -OCH3 is 1. The molecule has 2 heteroatoms. The molecule has 0 saturated heterocycles. The van der Waals surface area contributed by atoms with E-state index in [9.17, 15) is 0 Å². The molecular weight excluding hydrogens is 152 g/mol. The van der Waals surface area contributed by atoms with E-state index in [1.54, 1.807) is 7.11 Å². The highest BCUT2D eigenvalue weighted by atomic mass is 16.5. The third-order valence-electron chi connectivity index (χ3n) is 1.65. The molecule has 1 aromatic rings. The van der Waals surface area contributed by atoms with Crippen LogP contribution in [0.4, 0.5) is 0 Å². The summed E-state index contributed by atoms with van der Waals surface area (Å²) in [7, 11) is 1.62. The zero-order valence-electron chi connectivity index (χ0n) is 7.16. The zero-order valence-corrected chi connectivity index (χ0v) is 7.16. The lowest BCUT2D eigenvalue weighted by Gasteiger charge is -2.08. The van der Waals surface area contributed by atoms with Crippen molar-refractivity contribution in [2.75, 3.05) is 7.11 Å². The average Bonchev–Trinajstić information content (AvgIpc) is 2.04. The van der Waals surface area contributed by atoms with Gasteiger partial charge < -0.3 is 9.84 Å². The Balaban J connectivity index is 2.82. The summed E-state index contributed by atoms with van der Waals surface area (Å²) in [5, 5.41) is 9.06. The fraction of sp³-hybridized carbons (Fsp3) is 0.300. The molecular formula is C10H13O2. The van der Waals surface area contributed by atoms with Gasteiger partial charge in [0.2, 0.25) is 0 Å². The Bertz CT molecular complexity index is 243. The SMILES string of the molecule is [CH2]C(O)Cc1ccccc1OC. The van der Waals surface area contributed by atoms with Gasteiger partial charge in [-0.3, -0.25) is 0 Å². The Hall–Kier alpha value is -1.02. The third kappa shape index (κ3) is 2.24. The molecule has 0 amide bonds. The van der Waals surface area contributed by atoms with Gasteiger partial charge in [-0.15, -0.1) is 0 Å². The van der Waals surface area contributed by atoms with E-state index in [0.717, 1.165) is 11.3 Å². The van der Waals surface area contributed by atoms with Gasteiger partial charge in [0.15, 0.2) is 0 Å². The highest BCUT2D eigenvalue weighted by Gasteiger charge is 2.03. The van der Waals surface area contributed by atoms with Crippen LogP contribution in [0.3, 0.4) is 0 Å². The first kappa shape index (κ1) is 9.07. The summed E-state index contributed by atoms with van der Waals surface area (Å²) in [5.41, 5.74) is 0.988. The van der Waals surface area contributed by atoms with Gasteiger partial charge in [0.05, 0.1) is 13.2 Å². The second-order valence-electron chi connectivity index (χ2n) is 2.67. The van der Waals surface area contributed by atoms with Crippen LogP contribution in [-0.2, 0) is 6.42 Å². The van der Waals surface area contributed by atoms with Gasteiger partial charge in [0.1, 0.15) is 5.75 Å². The quantitative estimate of drug-likeness (QED) is 0.734. The predicted octanol–water partition coefficient (Wildman–Crippen LogP) is 1.43. The molecule has 1 aromatic carbocycles. The summed E-state index contributed by atoms with van der Waals surface area (Å²) in [6.45, 7) is 3.51. The van der Waals surface area contributed by atoms with Crippen LogP contribution in [0.25, 0.3) is 0 Å². The van der Waals surface area contributed by atoms with Crippen LogP contribution in [0.15, 0.2) is 24.3 Å². The van der Waals surface area contributed by atoms with Crippen LogP contribution in [0.2, 0.25) is 0 Å². The second kappa shape index (κ2) is 4.12. The van der Waals surface area contributed by atoms with Crippen LogP contribution in [0.5, 0.6) is 5.75 Å². The fourth-order valence-corrected chi connectivity index (χ4v) is 1.13. The van der Waals surface area contributed by atoms with Gasteiger partial charge >= 0.3 is 0 Å². The van der Waals surface area contributed by atoms with E-state index in [-0.39, 0.29) is 0 Å². The monoisotopic (exact) mass is 165 g/mol. The lowest BCUT2D eigenvalue weighted by molar-refractivity contribution is 0.220. The molecule has 0 saturated carbocycles. The number of aliphatic hydroxyl groups is 1. The number of hydrogen-bond acceptors (Lipinski definition) is 2. The van der Waals surface area contributed by atoms with Gasteiger partial charge in [0, 0.05) is 6.42 Å². The molecule has 0 aliphatic carbocycles. The molecule has 0 aliphatic heterocycles. The zero-order chi connectivity index (χ0) is 8.97. The second-order valence-corrected chi connectivity index (χ2v) is 2.67. The number of benzene rings is 1. The number of rotatable bonds is 3. The lowest BCUT2D eigenvalue weighted by atomic mass is 10.1. The summed E-state index contributed by atoms with van der Waals surface area (Å²) in [6.07, 6.45) is -0.0365. The normalized spacial score (nSPS) is 12.6. The molecule has 65 valence electrons. The van der Waals surface area contributed by atoms with Gasteiger partial charge in [-0.25, -0.2) is 0 Å². The van der Waals surface area contributed by atoms with Crippen molar-refractivity contribution in [1.82, 2.24) is 0 Å². The van der Waals surface area contributed by atoms with E-state index in [0.29, 0.717) is 6.42 Å². The Morgan fingerprint density at radius 3 is 2.75 bits per heavy atom. The minimum atomic E-state index is -0.568. The van der Waals surface area contributed by atoms with E-state index in [2.05, 4.69) is 6.92 Å². The number of hydrogen-bond donors (Lipinski definition) is 1. The van der Waals surface area contributed by atoms with Crippen molar-refractivity contribution in [2.45, 2.75) is 12.5 Å². The topological polar surface area (TPSA) is 29.5 Å². The van der Waals surface area contributed by atoms with Gasteiger partial charge in [-0.05, 0) is 18.6 Å². The van der Waals surface area contributed by atoms with Crippen LogP contribution < -0.4 is 4.74 Å². The van der Waals surface area contributed by atoms with E-state index in [4.69, 9.17) is 9.84 Å². The Kier molecular flexibility index (Phi) is 3.11. The van der Waals surface area contributed by atoms with Crippen molar-refractivity contribution >= 4 is 0 Å². The van der Waals surface area contributed by atoms with Crippen LogP contribution in [-0.4, -0.2) is 18.3 Å². The molecule has 1 unspecified atom stereocenters. The highest BCUT2D eigenvalue weighted by Crippen LogP contribution is 2.18. The highest BCUT2D eigenvalue weighted by molar-refractivity contribution is 5.33. The fourth-order valence-electron chi connectivity index (χ4n) is 1.13. The summed E-state index contributed by atoms with van der Waals surface area (Å²) < 4.78 is 5.11. The summed E-state index contributed by atoms with van der Waals surface area (Å²) in [5.74, 6) is 0.806. The Morgan fingerprint density at radius 1 is 1.50 bits per heavy atom.